The van der Waals surface area contributed by atoms with Gasteiger partial charge in [-0.1, -0.05) is 18.6 Å². The number of nitrogens with zero attached hydrogens (tertiary/aromatic N) is 1. The molecule has 1 aliphatic carbocycles. The summed E-state index contributed by atoms with van der Waals surface area (Å²) in [7, 11) is 0. The van der Waals surface area contributed by atoms with Crippen LogP contribution in [0, 0.1) is 18.8 Å². The smallest absolute Gasteiger partial charge is 0.227 e. The molecule has 0 spiro atoms. The van der Waals surface area contributed by atoms with Crippen molar-refractivity contribution in [2.45, 2.75) is 26.2 Å². The molecule has 0 aliphatic heterocycles. The van der Waals surface area contributed by atoms with Crippen LogP contribution in [0.1, 0.15) is 24.3 Å². The Morgan fingerprint density at radius 3 is 2.70 bits per heavy atom. The van der Waals surface area contributed by atoms with Crippen LogP contribution in [-0.2, 0) is 4.79 Å². The second-order valence-electron chi connectivity index (χ2n) is 5.85. The van der Waals surface area contributed by atoms with Crippen molar-refractivity contribution in [1.82, 2.24) is 4.98 Å². The zero-order valence-electron chi connectivity index (χ0n) is 13.1. The Kier molecular flexibility index (Phi) is 6.16. The largest absolute Gasteiger partial charge is 0.330 e. The molecule has 124 valence electrons. The van der Waals surface area contributed by atoms with Gasteiger partial charge in [-0.05, 0) is 44.4 Å². The number of aryl methyl sites for hydroxylation is 1. The maximum absolute atomic E-state index is 12.4. The van der Waals surface area contributed by atoms with Crippen LogP contribution >= 0.6 is 23.7 Å². The van der Waals surface area contributed by atoms with Gasteiger partial charge in [-0.3, -0.25) is 4.79 Å². The topological polar surface area (TPSA) is 68.0 Å². The van der Waals surface area contributed by atoms with E-state index >= 15 is 0 Å². The van der Waals surface area contributed by atoms with Gasteiger partial charge < -0.3 is 11.1 Å². The lowest BCUT2D eigenvalue weighted by Gasteiger charge is -2.17. The quantitative estimate of drug-likeness (QED) is 0.879. The summed E-state index contributed by atoms with van der Waals surface area (Å²) in [6, 6.07) is 7.88. The Morgan fingerprint density at radius 2 is 2.09 bits per heavy atom. The van der Waals surface area contributed by atoms with Crippen molar-refractivity contribution in [2.24, 2.45) is 17.6 Å². The molecule has 1 saturated carbocycles. The fourth-order valence-corrected chi connectivity index (χ4v) is 3.74. The van der Waals surface area contributed by atoms with E-state index in [-0.39, 0.29) is 24.2 Å². The summed E-state index contributed by atoms with van der Waals surface area (Å²) in [5, 5.41) is 6.13. The van der Waals surface area contributed by atoms with Crippen molar-refractivity contribution in [3.8, 4) is 11.3 Å². The van der Waals surface area contributed by atoms with Crippen LogP contribution in [0.25, 0.3) is 11.3 Å². The first-order chi connectivity index (χ1) is 10.7. The number of anilines is 1. The van der Waals surface area contributed by atoms with Gasteiger partial charge in [0, 0.05) is 22.5 Å². The first-order valence-electron chi connectivity index (χ1n) is 7.71. The van der Waals surface area contributed by atoms with Gasteiger partial charge in [-0.15, -0.1) is 23.7 Å². The van der Waals surface area contributed by atoms with Gasteiger partial charge in [-0.25, -0.2) is 4.98 Å². The molecule has 1 amide bonds. The minimum absolute atomic E-state index is 0. The van der Waals surface area contributed by atoms with Crippen LogP contribution < -0.4 is 11.1 Å². The van der Waals surface area contributed by atoms with Gasteiger partial charge in [0.2, 0.25) is 5.91 Å². The van der Waals surface area contributed by atoms with Crippen LogP contribution in [0.2, 0.25) is 0 Å². The molecule has 3 rings (SSSR count). The van der Waals surface area contributed by atoms with E-state index < -0.39 is 0 Å². The number of halogens is 1. The molecule has 0 unspecified atom stereocenters. The van der Waals surface area contributed by atoms with Crippen LogP contribution in [-0.4, -0.2) is 17.4 Å². The maximum atomic E-state index is 12.4. The molecule has 1 heterocycles. The Labute approximate surface area is 146 Å². The minimum atomic E-state index is 0. The number of carbonyl (C=O) groups is 1. The highest BCUT2D eigenvalue weighted by molar-refractivity contribution is 7.09. The first-order valence-corrected chi connectivity index (χ1v) is 8.59. The molecule has 2 aromatic rings. The normalized spacial score (nSPS) is 20.1. The second-order valence-corrected chi connectivity index (χ2v) is 6.91. The molecule has 0 saturated heterocycles. The van der Waals surface area contributed by atoms with Crippen molar-refractivity contribution in [2.75, 3.05) is 11.9 Å². The highest BCUT2D eigenvalue weighted by Crippen LogP contribution is 2.32. The standard InChI is InChI=1S/C17H21N3OS.ClH/c1-11-19-16(10-22-11)12-5-7-14(8-6-12)20-17(21)15-4-2-3-13(15)9-18;/h5-8,10,13,15H,2-4,9,18H2,1H3,(H,20,21);1H/t13-,15-;/m1./s1. The van der Waals surface area contributed by atoms with Crippen molar-refractivity contribution in [3.63, 3.8) is 0 Å². The number of amides is 1. The van der Waals surface area contributed by atoms with Crippen LogP contribution in [0.4, 0.5) is 5.69 Å². The Hall–Kier alpha value is -1.43. The van der Waals surface area contributed by atoms with Gasteiger partial charge in [-0.2, -0.15) is 0 Å². The molecule has 6 heteroatoms. The molecule has 3 N–H and O–H groups in total. The van der Waals surface area contributed by atoms with E-state index in [2.05, 4.69) is 10.3 Å². The Morgan fingerprint density at radius 1 is 1.35 bits per heavy atom. The molecule has 4 nitrogen and oxygen atoms in total. The lowest BCUT2D eigenvalue weighted by molar-refractivity contribution is -0.120. The summed E-state index contributed by atoms with van der Waals surface area (Å²) in [4.78, 5) is 16.8. The lowest BCUT2D eigenvalue weighted by Crippen LogP contribution is -2.29. The number of rotatable bonds is 4. The fraction of sp³-hybridized carbons (Fsp3) is 0.412. The van der Waals surface area contributed by atoms with Gasteiger partial charge >= 0.3 is 0 Å². The molecule has 1 aromatic carbocycles. The van der Waals surface area contributed by atoms with Crippen molar-refractivity contribution in [3.05, 3.63) is 34.7 Å². The van der Waals surface area contributed by atoms with Crippen LogP contribution in [0.5, 0.6) is 0 Å². The van der Waals surface area contributed by atoms with Gasteiger partial charge in [0.1, 0.15) is 0 Å². The van der Waals surface area contributed by atoms with Crippen molar-refractivity contribution >= 4 is 35.3 Å². The fourth-order valence-electron chi connectivity index (χ4n) is 3.12. The zero-order chi connectivity index (χ0) is 15.5. The SMILES string of the molecule is Cc1nc(-c2ccc(NC(=O)[C@@H]3CCC[C@@H]3CN)cc2)cs1.Cl. The van der Waals surface area contributed by atoms with E-state index in [9.17, 15) is 4.79 Å². The molecule has 1 fully saturated rings. The molecule has 1 aromatic heterocycles. The van der Waals surface area contributed by atoms with Crippen molar-refractivity contribution < 1.29 is 4.79 Å². The number of benzene rings is 1. The third kappa shape index (κ3) is 4.10. The summed E-state index contributed by atoms with van der Waals surface area (Å²) < 4.78 is 0. The summed E-state index contributed by atoms with van der Waals surface area (Å²) >= 11 is 1.64. The Bertz CT molecular complexity index is 656. The number of carbonyl (C=O) groups excluding carboxylic acids is 1. The lowest BCUT2D eigenvalue weighted by atomic mass is 9.95. The van der Waals surface area contributed by atoms with E-state index in [1.54, 1.807) is 11.3 Å². The first kappa shape index (κ1) is 17.9. The van der Waals surface area contributed by atoms with E-state index in [1.165, 1.54) is 0 Å². The minimum Gasteiger partial charge on any atom is -0.330 e. The van der Waals surface area contributed by atoms with Crippen LogP contribution in [0.3, 0.4) is 0 Å². The molecular formula is C17H22ClN3OS. The molecule has 1 aliphatic rings. The van der Waals surface area contributed by atoms with Gasteiger partial charge in [0.05, 0.1) is 10.7 Å². The van der Waals surface area contributed by atoms with E-state index in [4.69, 9.17) is 5.73 Å². The highest BCUT2D eigenvalue weighted by atomic mass is 35.5. The number of nitrogens with two attached hydrogens (primary N) is 1. The molecular weight excluding hydrogens is 330 g/mol. The summed E-state index contributed by atoms with van der Waals surface area (Å²) in [5.74, 6) is 0.494. The number of aromatic nitrogens is 1. The molecule has 0 bridgehead atoms. The van der Waals surface area contributed by atoms with Gasteiger partial charge in [0.25, 0.3) is 0 Å². The molecule has 23 heavy (non-hydrogen) atoms. The second kappa shape index (κ2) is 7.90. The number of hydrogen-bond acceptors (Lipinski definition) is 4. The molecule has 2 atom stereocenters. The van der Waals surface area contributed by atoms with E-state index in [0.29, 0.717) is 12.5 Å². The van der Waals surface area contributed by atoms with Gasteiger partial charge in [0.15, 0.2) is 0 Å². The maximum Gasteiger partial charge on any atom is 0.227 e. The van der Waals surface area contributed by atoms with E-state index in [1.807, 2.05) is 36.6 Å². The summed E-state index contributed by atoms with van der Waals surface area (Å²) in [6.45, 7) is 2.60. The average molecular weight is 352 g/mol. The number of nitrogens with one attached hydrogen (secondary N) is 1. The third-order valence-electron chi connectivity index (χ3n) is 4.37. The predicted molar refractivity (Wildman–Crippen MR) is 98.1 cm³/mol. The average Bonchev–Trinajstić information content (AvgIpc) is 3.16. The Balaban J connectivity index is 0.00000192. The predicted octanol–water partition coefficient (Wildman–Crippen LogP) is 3.85. The summed E-state index contributed by atoms with van der Waals surface area (Å²) in [6.07, 6.45) is 3.11. The summed E-state index contributed by atoms with van der Waals surface area (Å²) in [5.41, 5.74) is 8.65. The highest BCUT2D eigenvalue weighted by Gasteiger charge is 2.31. The van der Waals surface area contributed by atoms with E-state index in [0.717, 1.165) is 41.2 Å². The number of thiazole rings is 1. The monoisotopic (exact) mass is 351 g/mol. The zero-order valence-corrected chi connectivity index (χ0v) is 14.8. The molecule has 0 radical (unpaired) electrons. The number of hydrogen-bond donors (Lipinski definition) is 2. The third-order valence-corrected chi connectivity index (χ3v) is 5.14. The van der Waals surface area contributed by atoms with Crippen molar-refractivity contribution in [1.29, 1.82) is 0 Å². The van der Waals surface area contributed by atoms with Crippen LogP contribution in [0.15, 0.2) is 29.6 Å².